The molecule has 2 N–H and O–H groups in total. The number of fused-ring (bicyclic) bond motifs is 1. The molecule has 0 saturated carbocycles. The summed E-state index contributed by atoms with van der Waals surface area (Å²) < 4.78 is 36.8. The van der Waals surface area contributed by atoms with Crippen LogP contribution in [-0.4, -0.2) is 23.1 Å². The van der Waals surface area contributed by atoms with Crippen molar-refractivity contribution in [1.29, 1.82) is 0 Å². The minimum absolute atomic E-state index is 0.0252. The summed E-state index contributed by atoms with van der Waals surface area (Å²) in [6, 6.07) is 18.3. The number of amides is 1. The van der Waals surface area contributed by atoms with Crippen molar-refractivity contribution < 1.29 is 13.2 Å². The fourth-order valence-electron chi connectivity index (χ4n) is 3.10. The second-order valence-electron chi connectivity index (χ2n) is 6.79. The van der Waals surface area contributed by atoms with E-state index in [9.17, 15) is 13.2 Å². The van der Waals surface area contributed by atoms with Gasteiger partial charge in [-0.05, 0) is 42.8 Å². The van der Waals surface area contributed by atoms with Gasteiger partial charge in [0.05, 0.1) is 29.0 Å². The molecule has 0 fully saturated rings. The highest BCUT2D eigenvalue weighted by molar-refractivity contribution is 7.93. The third-order valence-electron chi connectivity index (χ3n) is 4.66. The molecule has 0 saturated heterocycles. The number of sulfonamides is 1. The molecule has 4 aromatic rings. The van der Waals surface area contributed by atoms with E-state index >= 15 is 0 Å². The molecular formula is C21H17ClN4O3S2. The Morgan fingerprint density at radius 1 is 1.03 bits per heavy atom. The quantitative estimate of drug-likeness (QED) is 0.426. The smallest absolute Gasteiger partial charge is 0.264 e. The predicted molar refractivity (Wildman–Crippen MR) is 122 cm³/mol. The van der Waals surface area contributed by atoms with Crippen molar-refractivity contribution in [2.75, 3.05) is 4.72 Å². The number of aromatic nitrogens is 2. The lowest BCUT2D eigenvalue weighted by Crippen LogP contribution is -2.28. The monoisotopic (exact) mass is 472 g/mol. The maximum atomic E-state index is 13.1. The molecule has 0 aliphatic heterocycles. The van der Waals surface area contributed by atoms with Crippen LogP contribution in [0.25, 0.3) is 11.0 Å². The Balaban J connectivity index is 1.65. The molecule has 31 heavy (non-hydrogen) atoms. The maximum absolute atomic E-state index is 13.1. The van der Waals surface area contributed by atoms with E-state index in [1.54, 1.807) is 12.1 Å². The van der Waals surface area contributed by atoms with E-state index in [1.807, 2.05) is 37.3 Å². The molecule has 1 amide bonds. The molecule has 10 heteroatoms. The predicted octanol–water partition coefficient (Wildman–Crippen LogP) is 4.64. The largest absolute Gasteiger partial charge is 0.345 e. The summed E-state index contributed by atoms with van der Waals surface area (Å²) in [5, 5.41) is 3.18. The van der Waals surface area contributed by atoms with Crippen LogP contribution < -0.4 is 10.0 Å². The molecule has 1 atom stereocenters. The van der Waals surface area contributed by atoms with E-state index < -0.39 is 15.9 Å². The van der Waals surface area contributed by atoms with E-state index in [0.29, 0.717) is 10.5 Å². The molecule has 3 aromatic carbocycles. The van der Waals surface area contributed by atoms with E-state index in [2.05, 4.69) is 18.8 Å². The highest BCUT2D eigenvalue weighted by atomic mass is 35.5. The molecule has 1 heterocycles. The molecule has 0 aliphatic carbocycles. The zero-order valence-corrected chi connectivity index (χ0v) is 18.6. The Bertz CT molecular complexity index is 1360. The Kier molecular flexibility index (Phi) is 5.90. The molecule has 158 valence electrons. The summed E-state index contributed by atoms with van der Waals surface area (Å²) in [5.74, 6) is -0.431. The maximum Gasteiger partial charge on any atom is 0.264 e. The number of rotatable bonds is 6. The van der Waals surface area contributed by atoms with Gasteiger partial charge in [0, 0.05) is 5.02 Å². The Morgan fingerprint density at radius 2 is 1.81 bits per heavy atom. The van der Waals surface area contributed by atoms with E-state index in [-0.39, 0.29) is 27.7 Å². The van der Waals surface area contributed by atoms with Crippen LogP contribution in [0.1, 0.15) is 28.9 Å². The molecule has 0 radical (unpaired) electrons. The lowest BCUT2D eigenvalue weighted by Gasteiger charge is -2.17. The zero-order chi connectivity index (χ0) is 22.0. The third-order valence-corrected chi connectivity index (χ3v) is 6.83. The van der Waals surface area contributed by atoms with Gasteiger partial charge in [-0.2, -0.15) is 8.75 Å². The number of anilines is 1. The van der Waals surface area contributed by atoms with Gasteiger partial charge >= 0.3 is 0 Å². The minimum atomic E-state index is -4.05. The summed E-state index contributed by atoms with van der Waals surface area (Å²) in [5.41, 5.74) is 1.90. The number of carbonyl (C=O) groups is 1. The first-order chi connectivity index (χ1) is 14.8. The van der Waals surface area contributed by atoms with Gasteiger partial charge in [0.25, 0.3) is 15.9 Å². The first kappa shape index (κ1) is 21.2. The van der Waals surface area contributed by atoms with Gasteiger partial charge in [-0.3, -0.25) is 9.52 Å². The SMILES string of the molecule is C[C@@H](NC(=O)c1ccc(Cl)cc1NS(=O)(=O)c1cccc2nsnc12)c1ccccc1. The number of carbonyl (C=O) groups excluding carboxylic acids is 1. The second-order valence-corrected chi connectivity index (χ2v) is 9.41. The van der Waals surface area contributed by atoms with Crippen LogP contribution in [0.2, 0.25) is 5.02 Å². The fourth-order valence-corrected chi connectivity index (χ4v) is 5.11. The second kappa shape index (κ2) is 8.62. The summed E-state index contributed by atoms with van der Waals surface area (Å²) >= 11 is 7.02. The van der Waals surface area contributed by atoms with Gasteiger partial charge in [-0.15, -0.1) is 0 Å². The van der Waals surface area contributed by atoms with E-state index in [0.717, 1.165) is 17.3 Å². The van der Waals surface area contributed by atoms with Crippen molar-refractivity contribution >= 4 is 56.0 Å². The highest BCUT2D eigenvalue weighted by Crippen LogP contribution is 2.27. The van der Waals surface area contributed by atoms with Crippen molar-refractivity contribution in [2.45, 2.75) is 17.9 Å². The van der Waals surface area contributed by atoms with Crippen LogP contribution in [0.5, 0.6) is 0 Å². The molecule has 0 bridgehead atoms. The topological polar surface area (TPSA) is 101 Å². The van der Waals surface area contributed by atoms with E-state index in [4.69, 9.17) is 11.6 Å². The number of hydrogen-bond donors (Lipinski definition) is 2. The van der Waals surface area contributed by atoms with E-state index in [1.165, 1.54) is 24.3 Å². The lowest BCUT2D eigenvalue weighted by molar-refractivity contribution is 0.0941. The van der Waals surface area contributed by atoms with Gasteiger partial charge < -0.3 is 5.32 Å². The van der Waals surface area contributed by atoms with Crippen LogP contribution >= 0.6 is 23.3 Å². The van der Waals surface area contributed by atoms with Crippen molar-refractivity contribution in [3.05, 3.63) is 82.9 Å². The normalized spacial score (nSPS) is 12.5. The van der Waals surface area contributed by atoms with Crippen LogP contribution in [0.3, 0.4) is 0 Å². The van der Waals surface area contributed by atoms with Gasteiger partial charge in [0.2, 0.25) is 0 Å². The zero-order valence-electron chi connectivity index (χ0n) is 16.2. The molecule has 0 spiro atoms. The van der Waals surface area contributed by atoms with Gasteiger partial charge in [-0.1, -0.05) is 48.0 Å². The van der Waals surface area contributed by atoms with Crippen LogP contribution in [0.4, 0.5) is 5.69 Å². The standard InChI is InChI=1S/C21H17ClN4O3S2/c1-13(14-6-3-2-4-7-14)23-21(27)16-11-10-15(22)12-18(16)26-31(28,29)19-9-5-8-17-20(19)25-30-24-17/h2-13,26H,1H3,(H,23,27)/t13-/m1/s1. The number of hydrogen-bond acceptors (Lipinski definition) is 6. The third kappa shape index (κ3) is 4.53. The number of halogens is 1. The van der Waals surface area contributed by atoms with Crippen molar-refractivity contribution in [3.8, 4) is 0 Å². The van der Waals surface area contributed by atoms with Crippen LogP contribution in [-0.2, 0) is 10.0 Å². The molecule has 4 rings (SSSR count). The van der Waals surface area contributed by atoms with Gasteiger partial charge in [-0.25, -0.2) is 8.42 Å². The average Bonchev–Trinajstić information content (AvgIpc) is 3.23. The van der Waals surface area contributed by atoms with Crippen LogP contribution in [0.15, 0.2) is 71.6 Å². The molecular weight excluding hydrogens is 456 g/mol. The molecule has 0 unspecified atom stereocenters. The van der Waals surface area contributed by atoms with Crippen molar-refractivity contribution in [1.82, 2.24) is 14.1 Å². The summed E-state index contributed by atoms with van der Waals surface area (Å²) in [4.78, 5) is 12.9. The molecule has 1 aromatic heterocycles. The number of benzene rings is 3. The average molecular weight is 473 g/mol. The minimum Gasteiger partial charge on any atom is -0.345 e. The summed E-state index contributed by atoms with van der Waals surface area (Å²) in [6.45, 7) is 1.85. The Morgan fingerprint density at radius 3 is 2.58 bits per heavy atom. The molecule has 0 aliphatic rings. The summed E-state index contributed by atoms with van der Waals surface area (Å²) in [7, 11) is -4.05. The first-order valence-electron chi connectivity index (χ1n) is 9.24. The molecule has 7 nitrogen and oxygen atoms in total. The highest BCUT2D eigenvalue weighted by Gasteiger charge is 2.23. The summed E-state index contributed by atoms with van der Waals surface area (Å²) in [6.07, 6.45) is 0. The first-order valence-corrected chi connectivity index (χ1v) is 11.8. The Hall–Kier alpha value is -3.01. The van der Waals surface area contributed by atoms with Gasteiger partial charge in [0.1, 0.15) is 15.9 Å². The number of nitrogens with one attached hydrogen (secondary N) is 2. The van der Waals surface area contributed by atoms with Gasteiger partial charge in [0.15, 0.2) is 0 Å². The van der Waals surface area contributed by atoms with Crippen molar-refractivity contribution in [2.24, 2.45) is 0 Å². The Labute approximate surface area is 188 Å². The van der Waals surface area contributed by atoms with Crippen molar-refractivity contribution in [3.63, 3.8) is 0 Å². The number of nitrogens with zero attached hydrogens (tertiary/aromatic N) is 2. The fraction of sp³-hybridized carbons (Fsp3) is 0.0952. The lowest BCUT2D eigenvalue weighted by atomic mass is 10.1. The van der Waals surface area contributed by atoms with Crippen LogP contribution in [0, 0.1) is 0 Å².